The van der Waals surface area contributed by atoms with Gasteiger partial charge in [-0.3, -0.25) is 9.59 Å². The van der Waals surface area contributed by atoms with Crippen molar-refractivity contribution in [1.82, 2.24) is 0 Å². The van der Waals surface area contributed by atoms with Crippen LogP contribution in [-0.4, -0.2) is 11.6 Å². The molecule has 0 amide bonds. The van der Waals surface area contributed by atoms with Crippen molar-refractivity contribution < 1.29 is 9.59 Å². The first kappa shape index (κ1) is 10.5. The molecule has 1 aliphatic carbocycles. The van der Waals surface area contributed by atoms with E-state index in [1.54, 1.807) is 24.3 Å². The lowest BCUT2D eigenvalue weighted by atomic mass is 9.84. The van der Waals surface area contributed by atoms with Gasteiger partial charge in [0.25, 0.3) is 0 Å². The van der Waals surface area contributed by atoms with E-state index in [1.807, 2.05) is 0 Å². The van der Waals surface area contributed by atoms with Gasteiger partial charge in [0.1, 0.15) is 5.69 Å². The third-order valence-electron chi connectivity index (χ3n) is 3.01. The lowest BCUT2D eigenvalue weighted by molar-refractivity contribution is 0.0979. The number of hydrogen-bond donors (Lipinski definition) is 0. The van der Waals surface area contributed by atoms with Crippen molar-refractivity contribution in [2.45, 2.75) is 0 Å². The van der Waals surface area contributed by atoms with Crippen molar-refractivity contribution in [1.29, 1.82) is 0 Å². The number of hydrogen-bond acceptors (Lipinski definition) is 4. The number of benzene rings is 2. The minimum absolute atomic E-state index is 0.147. The van der Waals surface area contributed by atoms with Crippen molar-refractivity contribution in [3.8, 4) is 0 Å². The van der Waals surface area contributed by atoms with E-state index in [0.717, 1.165) is 0 Å². The Morgan fingerprint density at radius 3 is 1.89 bits per heavy atom. The van der Waals surface area contributed by atoms with Gasteiger partial charge >= 0.3 is 0 Å². The molecule has 2 aromatic rings. The fourth-order valence-electron chi connectivity index (χ4n) is 2.14. The highest BCUT2D eigenvalue weighted by molar-refractivity contribution is 6.28. The molecule has 4 nitrogen and oxygen atoms in total. The third kappa shape index (κ3) is 1.32. The summed E-state index contributed by atoms with van der Waals surface area (Å²) >= 11 is 0. The highest BCUT2D eigenvalue weighted by Gasteiger charge is 2.29. The Labute approximate surface area is 102 Å². The summed E-state index contributed by atoms with van der Waals surface area (Å²) < 4.78 is 0. The molecule has 0 radical (unpaired) electrons. The second kappa shape index (κ2) is 3.70. The minimum atomic E-state index is -0.245. The summed E-state index contributed by atoms with van der Waals surface area (Å²) in [6, 6.07) is 10.9. The van der Waals surface area contributed by atoms with E-state index < -0.39 is 0 Å². The molecule has 4 heteroatoms. The molecule has 0 fully saturated rings. The predicted molar refractivity (Wildman–Crippen MR) is 65.2 cm³/mol. The van der Waals surface area contributed by atoms with Gasteiger partial charge in [-0.1, -0.05) is 24.3 Å². The Balaban J connectivity index is 2.30. The first-order valence-corrected chi connectivity index (χ1v) is 5.38. The van der Waals surface area contributed by atoms with Gasteiger partial charge < -0.3 is 0 Å². The maximum absolute atomic E-state index is 12.2. The van der Waals surface area contributed by atoms with Gasteiger partial charge in [-0.05, 0) is 23.4 Å². The van der Waals surface area contributed by atoms with Crippen LogP contribution in [0.2, 0.25) is 0 Å². The molecule has 0 spiro atoms. The van der Waals surface area contributed by atoms with Gasteiger partial charge in [0.05, 0.1) is 0 Å². The summed E-state index contributed by atoms with van der Waals surface area (Å²) in [5.41, 5.74) is 1.50. The number of rotatable bonds is 1. The minimum Gasteiger partial charge on any atom is -0.289 e. The molecule has 0 aromatic heterocycles. The van der Waals surface area contributed by atoms with Crippen LogP contribution < -0.4 is 0 Å². The molecule has 2 aromatic carbocycles. The Morgan fingerprint density at radius 2 is 1.28 bits per heavy atom. The maximum Gasteiger partial charge on any atom is 0.194 e. The fourth-order valence-corrected chi connectivity index (χ4v) is 2.14. The molecule has 1 aliphatic rings. The lowest BCUT2D eigenvalue weighted by Gasteiger charge is -2.16. The summed E-state index contributed by atoms with van der Waals surface area (Å²) in [5.74, 6) is -0.441. The average Bonchev–Trinajstić information content (AvgIpc) is 2.44. The quantitative estimate of drug-likeness (QED) is 0.611. The third-order valence-corrected chi connectivity index (χ3v) is 3.01. The van der Waals surface area contributed by atoms with E-state index in [1.165, 1.54) is 18.2 Å². The molecular weight excluding hydrogens is 230 g/mol. The lowest BCUT2D eigenvalue weighted by Crippen LogP contribution is -2.20. The zero-order chi connectivity index (χ0) is 12.7. The van der Waals surface area contributed by atoms with E-state index in [2.05, 4.69) is 5.18 Å². The molecule has 0 N–H and O–H groups in total. The van der Waals surface area contributed by atoms with Gasteiger partial charge in [-0.2, -0.15) is 0 Å². The standard InChI is InChI=1S/C14H7NO3/c16-13-9-3-1-2-4-10(9)14(17)12-7-8(15-18)5-6-11(12)13/h1-7H. The molecular formula is C14H7NO3. The van der Waals surface area contributed by atoms with Crippen molar-refractivity contribution in [3.05, 3.63) is 69.6 Å². The van der Waals surface area contributed by atoms with Crippen LogP contribution in [0.15, 0.2) is 47.6 Å². The van der Waals surface area contributed by atoms with Crippen LogP contribution >= 0.6 is 0 Å². The van der Waals surface area contributed by atoms with Gasteiger partial charge in [-0.15, -0.1) is 4.91 Å². The van der Waals surface area contributed by atoms with Crippen molar-refractivity contribution in [2.24, 2.45) is 5.18 Å². The van der Waals surface area contributed by atoms with Crippen LogP contribution in [0.4, 0.5) is 5.69 Å². The van der Waals surface area contributed by atoms with Crippen LogP contribution in [0.5, 0.6) is 0 Å². The zero-order valence-corrected chi connectivity index (χ0v) is 9.21. The summed E-state index contributed by atoms with van der Waals surface area (Å²) in [6.07, 6.45) is 0. The Morgan fingerprint density at radius 1 is 0.722 bits per heavy atom. The van der Waals surface area contributed by atoms with E-state index in [0.29, 0.717) is 16.7 Å². The largest absolute Gasteiger partial charge is 0.289 e. The first-order chi connectivity index (χ1) is 8.72. The molecule has 0 atom stereocenters. The van der Waals surface area contributed by atoms with E-state index in [4.69, 9.17) is 0 Å². The fraction of sp³-hybridized carbons (Fsp3) is 0. The Hall–Kier alpha value is -2.62. The monoisotopic (exact) mass is 237 g/mol. The van der Waals surface area contributed by atoms with Crippen LogP contribution in [0, 0.1) is 4.91 Å². The van der Waals surface area contributed by atoms with E-state index in [9.17, 15) is 14.5 Å². The Bertz CT molecular complexity index is 704. The molecule has 0 aliphatic heterocycles. The van der Waals surface area contributed by atoms with Gasteiger partial charge in [0, 0.05) is 22.3 Å². The van der Waals surface area contributed by atoms with Crippen molar-refractivity contribution >= 4 is 17.3 Å². The number of nitroso groups, excluding NO2 is 1. The summed E-state index contributed by atoms with van der Waals surface area (Å²) in [6.45, 7) is 0. The number of nitrogens with zero attached hydrogens (tertiary/aromatic N) is 1. The highest BCUT2D eigenvalue weighted by atomic mass is 16.3. The smallest absolute Gasteiger partial charge is 0.194 e. The Kier molecular flexibility index (Phi) is 2.16. The predicted octanol–water partition coefficient (Wildman–Crippen LogP) is 2.86. The number of fused-ring (bicyclic) bond motifs is 2. The van der Waals surface area contributed by atoms with Gasteiger partial charge in [-0.25, -0.2) is 0 Å². The van der Waals surface area contributed by atoms with E-state index >= 15 is 0 Å². The molecule has 0 heterocycles. The van der Waals surface area contributed by atoms with Crippen LogP contribution in [0.3, 0.4) is 0 Å². The number of ketones is 2. The first-order valence-electron chi connectivity index (χ1n) is 5.38. The second-order valence-corrected chi connectivity index (χ2v) is 4.03. The molecule has 3 rings (SSSR count). The normalized spacial score (nSPS) is 12.9. The molecule has 0 saturated carbocycles. The molecule has 0 unspecified atom stereocenters. The average molecular weight is 237 g/mol. The maximum atomic E-state index is 12.2. The zero-order valence-electron chi connectivity index (χ0n) is 9.21. The topological polar surface area (TPSA) is 63.6 Å². The summed E-state index contributed by atoms with van der Waals surface area (Å²) in [7, 11) is 0. The van der Waals surface area contributed by atoms with Crippen molar-refractivity contribution in [2.75, 3.05) is 0 Å². The van der Waals surface area contributed by atoms with Gasteiger partial charge in [0.2, 0.25) is 0 Å². The van der Waals surface area contributed by atoms with E-state index in [-0.39, 0.29) is 22.8 Å². The number of carbonyl (C=O) groups excluding carboxylic acids is 2. The number of carbonyl (C=O) groups is 2. The molecule has 0 bridgehead atoms. The molecule has 18 heavy (non-hydrogen) atoms. The summed E-state index contributed by atoms with van der Waals surface area (Å²) in [5, 5.41) is 2.78. The molecule has 0 saturated heterocycles. The van der Waals surface area contributed by atoms with Crippen LogP contribution in [-0.2, 0) is 0 Å². The summed E-state index contributed by atoms with van der Waals surface area (Å²) in [4.78, 5) is 34.9. The SMILES string of the molecule is O=Nc1ccc2c(c1)C(=O)c1ccccc1C2=O. The highest BCUT2D eigenvalue weighted by Crippen LogP contribution is 2.29. The second-order valence-electron chi connectivity index (χ2n) is 4.03. The van der Waals surface area contributed by atoms with Crippen LogP contribution in [0.1, 0.15) is 31.8 Å². The van der Waals surface area contributed by atoms with Crippen molar-refractivity contribution in [3.63, 3.8) is 0 Å². The van der Waals surface area contributed by atoms with Gasteiger partial charge in [0.15, 0.2) is 11.6 Å². The van der Waals surface area contributed by atoms with Crippen LogP contribution in [0.25, 0.3) is 0 Å². The molecule has 86 valence electrons.